The number of nitrogens with two attached hydrogens (primary N) is 2. The van der Waals surface area contributed by atoms with Gasteiger partial charge in [0.2, 0.25) is 0 Å². The summed E-state index contributed by atoms with van der Waals surface area (Å²) in [5.74, 6) is 0.569. The molecule has 0 unspecified atom stereocenters. The van der Waals surface area contributed by atoms with Crippen molar-refractivity contribution in [3.8, 4) is 0 Å². The molecule has 0 heterocycles. The second kappa shape index (κ2) is 3.87. The largest absolute Gasteiger partial charge is 0.330 e. The normalized spacial score (nSPS) is 18.0. The van der Waals surface area contributed by atoms with E-state index in [4.69, 9.17) is 11.5 Å². The van der Waals surface area contributed by atoms with Crippen molar-refractivity contribution in [2.45, 2.75) is 26.3 Å². The maximum absolute atomic E-state index is 5.57. The van der Waals surface area contributed by atoms with Crippen LogP contribution in [0.25, 0.3) is 0 Å². The molecule has 0 aromatic carbocycles. The fourth-order valence-corrected chi connectivity index (χ4v) is 0.526. The van der Waals surface area contributed by atoms with Crippen LogP contribution in [0.2, 0.25) is 0 Å². The van der Waals surface area contributed by atoms with E-state index in [0.29, 0.717) is 12.0 Å². The number of hydrogen-bond acceptors (Lipinski definition) is 2. The molecule has 4 N–H and O–H groups in total. The van der Waals surface area contributed by atoms with E-state index >= 15 is 0 Å². The van der Waals surface area contributed by atoms with Crippen molar-refractivity contribution in [1.29, 1.82) is 0 Å². The minimum absolute atomic E-state index is 0.290. The lowest BCUT2D eigenvalue weighted by Crippen LogP contribution is -2.25. The lowest BCUT2D eigenvalue weighted by Gasteiger charge is -2.12. The van der Waals surface area contributed by atoms with Crippen molar-refractivity contribution in [3.05, 3.63) is 0 Å². The highest BCUT2D eigenvalue weighted by Crippen LogP contribution is 2.02. The molecule has 0 bridgehead atoms. The van der Waals surface area contributed by atoms with E-state index in [-0.39, 0.29) is 0 Å². The summed E-state index contributed by atoms with van der Waals surface area (Å²) < 4.78 is 0. The van der Waals surface area contributed by atoms with Gasteiger partial charge in [0, 0.05) is 6.04 Å². The Morgan fingerprint density at radius 1 is 1.38 bits per heavy atom. The molecule has 0 radical (unpaired) electrons. The Balaban J connectivity index is 3.17. The summed E-state index contributed by atoms with van der Waals surface area (Å²) in [6.45, 7) is 4.89. The monoisotopic (exact) mass is 116 g/mol. The van der Waals surface area contributed by atoms with Crippen molar-refractivity contribution < 1.29 is 0 Å². The molecule has 0 aliphatic heterocycles. The minimum atomic E-state index is 0.290. The predicted octanol–water partition coefficient (Wildman–Crippen LogP) is 0.319. The van der Waals surface area contributed by atoms with Gasteiger partial charge in [-0.2, -0.15) is 0 Å². The summed E-state index contributed by atoms with van der Waals surface area (Å²) in [4.78, 5) is 0. The summed E-state index contributed by atoms with van der Waals surface area (Å²) >= 11 is 0. The topological polar surface area (TPSA) is 52.0 Å². The van der Waals surface area contributed by atoms with Crippen LogP contribution in [0.1, 0.15) is 20.3 Å². The van der Waals surface area contributed by atoms with E-state index in [9.17, 15) is 0 Å². The zero-order chi connectivity index (χ0) is 6.57. The van der Waals surface area contributed by atoms with Gasteiger partial charge in [-0.3, -0.25) is 0 Å². The van der Waals surface area contributed by atoms with E-state index in [2.05, 4.69) is 6.92 Å². The average Bonchev–Trinajstić information content (AvgIpc) is 1.67. The van der Waals surface area contributed by atoms with Gasteiger partial charge in [-0.1, -0.05) is 6.92 Å². The molecule has 0 fully saturated rings. The summed E-state index contributed by atoms with van der Waals surface area (Å²) in [5.41, 5.74) is 10.9. The Kier molecular flexibility index (Phi) is 3.83. The second-order valence-electron chi connectivity index (χ2n) is 2.41. The molecule has 0 saturated heterocycles. The van der Waals surface area contributed by atoms with Gasteiger partial charge in [0.1, 0.15) is 0 Å². The van der Waals surface area contributed by atoms with Crippen LogP contribution in [0.5, 0.6) is 0 Å². The van der Waals surface area contributed by atoms with Gasteiger partial charge in [0.25, 0.3) is 0 Å². The molecule has 2 nitrogen and oxygen atoms in total. The van der Waals surface area contributed by atoms with Crippen LogP contribution in [-0.4, -0.2) is 12.6 Å². The molecule has 2 heteroatoms. The molecule has 0 rings (SSSR count). The Morgan fingerprint density at radius 2 is 1.88 bits per heavy atom. The van der Waals surface area contributed by atoms with Crippen LogP contribution < -0.4 is 11.5 Å². The smallest absolute Gasteiger partial charge is 0.00365 e. The van der Waals surface area contributed by atoms with Crippen molar-refractivity contribution in [3.63, 3.8) is 0 Å². The Labute approximate surface area is 51.2 Å². The molecule has 0 aromatic rings. The van der Waals surface area contributed by atoms with Crippen molar-refractivity contribution in [2.75, 3.05) is 6.54 Å². The quantitative estimate of drug-likeness (QED) is 0.558. The standard InChI is InChI=1S/C6H16N2/c1-5(3-4-7)6(2)8/h5-6H,3-4,7-8H2,1-2H3/t5-,6-/m0/s1. The third kappa shape index (κ3) is 2.99. The molecule has 8 heavy (non-hydrogen) atoms. The molecular weight excluding hydrogens is 100 g/mol. The number of hydrogen-bond donors (Lipinski definition) is 2. The third-order valence-corrected chi connectivity index (χ3v) is 1.52. The maximum Gasteiger partial charge on any atom is 0.00365 e. The highest BCUT2D eigenvalue weighted by molar-refractivity contribution is 4.62. The maximum atomic E-state index is 5.57. The fraction of sp³-hybridized carbons (Fsp3) is 1.00. The van der Waals surface area contributed by atoms with Crippen LogP contribution in [0.3, 0.4) is 0 Å². The van der Waals surface area contributed by atoms with E-state index in [1.54, 1.807) is 0 Å². The SMILES string of the molecule is C[C@H](N)[C@@H](C)CCN. The van der Waals surface area contributed by atoms with Crippen LogP contribution in [0.4, 0.5) is 0 Å². The first-order valence-electron chi connectivity index (χ1n) is 3.14. The second-order valence-corrected chi connectivity index (χ2v) is 2.41. The first-order chi connectivity index (χ1) is 3.68. The fourth-order valence-electron chi connectivity index (χ4n) is 0.526. The highest BCUT2D eigenvalue weighted by atomic mass is 14.6. The van der Waals surface area contributed by atoms with Crippen molar-refractivity contribution in [2.24, 2.45) is 17.4 Å². The highest BCUT2D eigenvalue weighted by Gasteiger charge is 2.03. The van der Waals surface area contributed by atoms with E-state index < -0.39 is 0 Å². The van der Waals surface area contributed by atoms with Gasteiger partial charge in [-0.25, -0.2) is 0 Å². The molecule has 2 atom stereocenters. The van der Waals surface area contributed by atoms with E-state index in [1.807, 2.05) is 6.92 Å². The molecule has 0 spiro atoms. The average molecular weight is 116 g/mol. The van der Waals surface area contributed by atoms with Crippen LogP contribution >= 0.6 is 0 Å². The van der Waals surface area contributed by atoms with Gasteiger partial charge in [0.05, 0.1) is 0 Å². The first kappa shape index (κ1) is 7.92. The summed E-state index contributed by atoms with van der Waals surface area (Å²) in [6.07, 6.45) is 1.04. The van der Waals surface area contributed by atoms with Crippen LogP contribution in [0.15, 0.2) is 0 Å². The van der Waals surface area contributed by atoms with E-state index in [1.165, 1.54) is 0 Å². The van der Waals surface area contributed by atoms with Crippen LogP contribution in [0, 0.1) is 5.92 Å². The van der Waals surface area contributed by atoms with Crippen molar-refractivity contribution >= 4 is 0 Å². The molecule has 0 aliphatic carbocycles. The summed E-state index contributed by atoms with van der Waals surface area (Å²) in [6, 6.07) is 0.290. The summed E-state index contributed by atoms with van der Waals surface area (Å²) in [5, 5.41) is 0. The van der Waals surface area contributed by atoms with E-state index in [0.717, 1.165) is 13.0 Å². The molecule has 50 valence electrons. The molecule has 0 amide bonds. The first-order valence-corrected chi connectivity index (χ1v) is 3.14. The van der Waals surface area contributed by atoms with Gasteiger partial charge >= 0.3 is 0 Å². The Bertz CT molecular complexity index is 52.5. The lowest BCUT2D eigenvalue weighted by atomic mass is 10.0. The van der Waals surface area contributed by atoms with Crippen molar-refractivity contribution in [1.82, 2.24) is 0 Å². The van der Waals surface area contributed by atoms with Gasteiger partial charge in [-0.05, 0) is 25.8 Å². The molecular formula is C6H16N2. The molecule has 0 aromatic heterocycles. The third-order valence-electron chi connectivity index (χ3n) is 1.52. The summed E-state index contributed by atoms with van der Waals surface area (Å²) in [7, 11) is 0. The Hall–Kier alpha value is -0.0800. The molecule has 0 aliphatic rings. The predicted molar refractivity (Wildman–Crippen MR) is 36.5 cm³/mol. The minimum Gasteiger partial charge on any atom is -0.330 e. The molecule has 0 saturated carbocycles. The Morgan fingerprint density at radius 3 is 2.00 bits per heavy atom. The zero-order valence-electron chi connectivity index (χ0n) is 5.72. The van der Waals surface area contributed by atoms with Gasteiger partial charge < -0.3 is 11.5 Å². The van der Waals surface area contributed by atoms with Gasteiger partial charge in [0.15, 0.2) is 0 Å². The zero-order valence-corrected chi connectivity index (χ0v) is 5.72. The number of rotatable bonds is 3. The van der Waals surface area contributed by atoms with Crippen LogP contribution in [-0.2, 0) is 0 Å². The lowest BCUT2D eigenvalue weighted by molar-refractivity contribution is 0.457. The van der Waals surface area contributed by atoms with Gasteiger partial charge in [-0.15, -0.1) is 0 Å².